The van der Waals surface area contributed by atoms with E-state index >= 15 is 0 Å². The Morgan fingerprint density at radius 1 is 1.06 bits per heavy atom. The van der Waals surface area contributed by atoms with Crippen LogP contribution in [0.1, 0.15) is 25.0 Å². The van der Waals surface area contributed by atoms with Crippen LogP contribution in [0.5, 0.6) is 0 Å². The third-order valence-corrected chi connectivity index (χ3v) is 6.71. The summed E-state index contributed by atoms with van der Waals surface area (Å²) in [6.07, 6.45) is 10.9. The molecule has 0 radical (unpaired) electrons. The molecule has 6 rings (SSSR count). The van der Waals surface area contributed by atoms with Crippen molar-refractivity contribution >= 4 is 11.0 Å². The van der Waals surface area contributed by atoms with Crippen LogP contribution in [0.2, 0.25) is 0 Å². The molecule has 2 atom stereocenters. The van der Waals surface area contributed by atoms with Crippen LogP contribution in [0.4, 0.5) is 4.39 Å². The Hall–Kier alpha value is -3.98. The quantitative estimate of drug-likeness (QED) is 0.392. The number of nitrogens with zero attached hydrogens (tertiary/aromatic N) is 6. The highest BCUT2D eigenvalue weighted by molar-refractivity contribution is 5.84. The normalized spacial score (nSPS) is 17.9. The molecule has 0 saturated heterocycles. The molecule has 0 amide bonds. The number of hydrogen-bond donors (Lipinski definition) is 2. The molecule has 0 bridgehead atoms. The summed E-state index contributed by atoms with van der Waals surface area (Å²) in [5.41, 5.74) is 12.6. The van der Waals surface area contributed by atoms with Gasteiger partial charge in [0.2, 0.25) is 0 Å². The first-order chi connectivity index (χ1) is 17.0. The van der Waals surface area contributed by atoms with Gasteiger partial charge in [-0.1, -0.05) is 0 Å². The first-order valence-electron chi connectivity index (χ1n) is 11.8. The van der Waals surface area contributed by atoms with Gasteiger partial charge in [-0.05, 0) is 62.4 Å². The number of fused-ring (bicyclic) bond motifs is 1. The van der Waals surface area contributed by atoms with Gasteiger partial charge >= 0.3 is 0 Å². The predicted octanol–water partition coefficient (Wildman–Crippen LogP) is 4.52. The van der Waals surface area contributed by atoms with Gasteiger partial charge in [-0.15, -0.1) is 0 Å². The molecule has 8 nitrogen and oxygen atoms in total. The molecular formula is C26H25FN8. The Morgan fingerprint density at radius 3 is 2.77 bits per heavy atom. The van der Waals surface area contributed by atoms with E-state index in [0.717, 1.165) is 59.2 Å². The summed E-state index contributed by atoms with van der Waals surface area (Å²) in [6.45, 7) is 2.52. The largest absolute Gasteiger partial charge is 0.328 e. The van der Waals surface area contributed by atoms with Crippen molar-refractivity contribution in [1.29, 1.82) is 0 Å². The minimum atomic E-state index is -0.344. The zero-order valence-electron chi connectivity index (χ0n) is 19.3. The van der Waals surface area contributed by atoms with Gasteiger partial charge in [-0.2, -0.15) is 10.2 Å². The Labute approximate surface area is 201 Å². The average molecular weight is 469 g/mol. The molecular weight excluding hydrogens is 443 g/mol. The van der Waals surface area contributed by atoms with Gasteiger partial charge in [0.25, 0.3) is 0 Å². The molecule has 1 aliphatic rings. The van der Waals surface area contributed by atoms with E-state index in [4.69, 9.17) is 10.7 Å². The van der Waals surface area contributed by atoms with Crippen molar-refractivity contribution in [1.82, 2.24) is 34.9 Å². The van der Waals surface area contributed by atoms with Gasteiger partial charge in [0.05, 0.1) is 34.3 Å². The Bertz CT molecular complexity index is 1520. The van der Waals surface area contributed by atoms with Crippen molar-refractivity contribution in [3.05, 3.63) is 66.6 Å². The highest BCUT2D eigenvalue weighted by atomic mass is 19.1. The lowest BCUT2D eigenvalue weighted by Gasteiger charge is -2.09. The maximum Gasteiger partial charge on any atom is 0.144 e. The number of nitrogens with two attached hydrogens (primary N) is 1. The van der Waals surface area contributed by atoms with E-state index in [1.54, 1.807) is 19.2 Å². The molecule has 5 aromatic rings. The van der Waals surface area contributed by atoms with Crippen molar-refractivity contribution in [3.8, 4) is 33.8 Å². The molecule has 3 N–H and O–H groups in total. The zero-order valence-corrected chi connectivity index (χ0v) is 19.3. The van der Waals surface area contributed by atoms with E-state index in [-0.39, 0.29) is 5.82 Å². The smallest absolute Gasteiger partial charge is 0.144 e. The van der Waals surface area contributed by atoms with Crippen LogP contribution in [-0.4, -0.2) is 41.0 Å². The molecule has 1 saturated carbocycles. The van der Waals surface area contributed by atoms with Crippen LogP contribution >= 0.6 is 0 Å². The Balaban J connectivity index is 1.31. The fourth-order valence-corrected chi connectivity index (χ4v) is 4.83. The van der Waals surface area contributed by atoms with E-state index in [2.05, 4.69) is 31.5 Å². The molecule has 0 unspecified atom stereocenters. The molecule has 176 valence electrons. The van der Waals surface area contributed by atoms with Crippen LogP contribution in [-0.2, 0) is 6.54 Å². The van der Waals surface area contributed by atoms with Crippen LogP contribution in [0.3, 0.4) is 0 Å². The lowest BCUT2D eigenvalue weighted by molar-refractivity contribution is 0.424. The van der Waals surface area contributed by atoms with Gasteiger partial charge in [0.15, 0.2) is 0 Å². The second-order valence-electron chi connectivity index (χ2n) is 9.26. The second kappa shape index (κ2) is 8.66. The number of H-pyrrole nitrogens is 1. The standard InChI is InChI=1S/C26H25FN8/c1-15-21(27)4-5-24(32-15)26-20(12-30-34-26)22-6-7-23-25(33-22)9-17(10-29-23)18-11-31-35(14-18)13-16-2-3-19(28)8-16/h4-7,9-12,14,16,19H,2-3,8,13,28H2,1H3,(H,30,34)/t16-,19+/m1/s1. The number of rotatable bonds is 5. The van der Waals surface area contributed by atoms with E-state index in [1.807, 2.05) is 35.3 Å². The Kier molecular flexibility index (Phi) is 5.33. The van der Waals surface area contributed by atoms with Gasteiger partial charge in [-0.3, -0.25) is 14.8 Å². The number of nitrogens with one attached hydrogen (secondary N) is 1. The minimum absolute atomic E-state index is 0.318. The molecule has 9 heteroatoms. The maximum atomic E-state index is 13.7. The summed E-state index contributed by atoms with van der Waals surface area (Å²) in [7, 11) is 0. The molecule has 1 aliphatic carbocycles. The molecule has 5 heterocycles. The number of halogens is 1. The summed E-state index contributed by atoms with van der Waals surface area (Å²) >= 11 is 0. The highest BCUT2D eigenvalue weighted by Gasteiger charge is 2.22. The molecule has 1 fully saturated rings. The summed E-state index contributed by atoms with van der Waals surface area (Å²) in [4.78, 5) is 13.8. The minimum Gasteiger partial charge on any atom is -0.328 e. The van der Waals surface area contributed by atoms with E-state index in [9.17, 15) is 4.39 Å². The first kappa shape index (κ1) is 21.5. The van der Waals surface area contributed by atoms with Crippen molar-refractivity contribution in [2.24, 2.45) is 11.7 Å². The fourth-order valence-electron chi connectivity index (χ4n) is 4.83. The van der Waals surface area contributed by atoms with Gasteiger partial charge < -0.3 is 5.73 Å². The van der Waals surface area contributed by atoms with E-state index in [0.29, 0.717) is 29.0 Å². The molecule has 0 spiro atoms. The number of pyridine rings is 3. The van der Waals surface area contributed by atoms with E-state index in [1.165, 1.54) is 6.07 Å². The predicted molar refractivity (Wildman–Crippen MR) is 132 cm³/mol. The van der Waals surface area contributed by atoms with Crippen LogP contribution < -0.4 is 5.73 Å². The van der Waals surface area contributed by atoms with Gasteiger partial charge in [0.1, 0.15) is 11.5 Å². The lowest BCUT2D eigenvalue weighted by Crippen LogP contribution is -2.16. The monoisotopic (exact) mass is 468 g/mol. The van der Waals surface area contributed by atoms with Crippen LogP contribution in [0.15, 0.2) is 55.1 Å². The Morgan fingerprint density at radius 2 is 1.94 bits per heavy atom. The van der Waals surface area contributed by atoms with Crippen LogP contribution in [0, 0.1) is 18.7 Å². The SMILES string of the molecule is Cc1nc(-c2n[nH]cc2-c2ccc3ncc(-c4cnn(C[C@@H]5CC[C@H](N)C5)c4)cc3n2)ccc1F. The number of aryl methyl sites for hydroxylation is 1. The van der Waals surface area contributed by atoms with Gasteiger partial charge in [-0.25, -0.2) is 14.4 Å². The number of aromatic nitrogens is 7. The highest BCUT2D eigenvalue weighted by Crippen LogP contribution is 2.31. The summed E-state index contributed by atoms with van der Waals surface area (Å²) < 4.78 is 15.7. The first-order valence-corrected chi connectivity index (χ1v) is 11.8. The number of hydrogen-bond acceptors (Lipinski definition) is 6. The second-order valence-corrected chi connectivity index (χ2v) is 9.26. The third-order valence-electron chi connectivity index (χ3n) is 6.71. The molecule has 0 aliphatic heterocycles. The van der Waals surface area contributed by atoms with E-state index < -0.39 is 0 Å². The van der Waals surface area contributed by atoms with Crippen molar-refractivity contribution in [2.75, 3.05) is 0 Å². The topological polar surface area (TPSA) is 111 Å². The summed E-state index contributed by atoms with van der Waals surface area (Å²) in [5.74, 6) is 0.239. The van der Waals surface area contributed by atoms with Gasteiger partial charge in [0, 0.05) is 47.9 Å². The molecule has 0 aromatic carbocycles. The maximum absolute atomic E-state index is 13.7. The zero-order chi connectivity index (χ0) is 23.9. The lowest BCUT2D eigenvalue weighted by atomic mass is 10.1. The van der Waals surface area contributed by atoms with Crippen LogP contribution in [0.25, 0.3) is 44.8 Å². The number of aromatic amines is 1. The molecule has 35 heavy (non-hydrogen) atoms. The summed E-state index contributed by atoms with van der Waals surface area (Å²) in [6, 6.07) is 9.22. The summed E-state index contributed by atoms with van der Waals surface area (Å²) in [5, 5.41) is 11.8. The fraction of sp³-hybridized carbons (Fsp3) is 0.269. The average Bonchev–Trinajstić information content (AvgIpc) is 3.62. The molecule has 5 aromatic heterocycles. The van der Waals surface area contributed by atoms with Crippen molar-refractivity contribution in [2.45, 2.75) is 38.8 Å². The van der Waals surface area contributed by atoms with Crippen molar-refractivity contribution in [3.63, 3.8) is 0 Å². The third kappa shape index (κ3) is 4.19. The van der Waals surface area contributed by atoms with Crippen molar-refractivity contribution < 1.29 is 4.39 Å².